The first-order valence-corrected chi connectivity index (χ1v) is 5.89. The van der Waals surface area contributed by atoms with Crippen molar-refractivity contribution in [2.45, 2.75) is 40.2 Å². The summed E-state index contributed by atoms with van der Waals surface area (Å²) in [6.45, 7) is 7.09. The summed E-state index contributed by atoms with van der Waals surface area (Å²) in [4.78, 5) is 4.36. The summed E-state index contributed by atoms with van der Waals surface area (Å²) in [5, 5.41) is 9.11. The summed E-state index contributed by atoms with van der Waals surface area (Å²) in [6.07, 6.45) is 1.88. The van der Waals surface area contributed by atoms with Crippen molar-refractivity contribution in [3.8, 4) is 5.88 Å². The molecule has 3 heteroatoms. The van der Waals surface area contributed by atoms with Crippen LogP contribution in [0.4, 0.5) is 0 Å². The highest BCUT2D eigenvalue weighted by molar-refractivity contribution is 5.24. The lowest BCUT2D eigenvalue weighted by Gasteiger charge is -2.09. The van der Waals surface area contributed by atoms with Gasteiger partial charge >= 0.3 is 0 Å². The molecule has 0 atom stereocenters. The molecule has 0 saturated carbocycles. The van der Waals surface area contributed by atoms with Crippen molar-refractivity contribution in [3.63, 3.8) is 0 Å². The molecule has 0 radical (unpaired) electrons. The third-order valence-corrected chi connectivity index (χ3v) is 2.40. The summed E-state index contributed by atoms with van der Waals surface area (Å²) < 4.78 is 5.58. The van der Waals surface area contributed by atoms with Crippen molar-refractivity contribution in [3.05, 3.63) is 23.4 Å². The van der Waals surface area contributed by atoms with Gasteiger partial charge < -0.3 is 9.84 Å². The standard InChI is InChI=1S/C13H21NO2/c1-4-12-7-11(9-15)8-13(14-12)16-6-5-10(2)3/h7-8,10,15H,4-6,9H2,1-3H3. The number of hydrogen-bond donors (Lipinski definition) is 1. The Morgan fingerprint density at radius 1 is 1.38 bits per heavy atom. The minimum absolute atomic E-state index is 0.0378. The molecule has 3 nitrogen and oxygen atoms in total. The van der Waals surface area contributed by atoms with Gasteiger partial charge in [0.1, 0.15) is 0 Å². The van der Waals surface area contributed by atoms with Crippen LogP contribution in [-0.4, -0.2) is 16.7 Å². The molecule has 0 aliphatic heterocycles. The maximum atomic E-state index is 9.11. The van der Waals surface area contributed by atoms with Gasteiger partial charge in [-0.3, -0.25) is 0 Å². The number of ether oxygens (including phenoxy) is 1. The zero-order chi connectivity index (χ0) is 12.0. The zero-order valence-electron chi connectivity index (χ0n) is 10.4. The Balaban J connectivity index is 2.64. The van der Waals surface area contributed by atoms with Crippen molar-refractivity contribution < 1.29 is 9.84 Å². The lowest BCUT2D eigenvalue weighted by Crippen LogP contribution is -2.04. The highest BCUT2D eigenvalue weighted by Crippen LogP contribution is 2.14. The minimum atomic E-state index is 0.0378. The van der Waals surface area contributed by atoms with Crippen LogP contribution in [0.2, 0.25) is 0 Å². The molecule has 1 aromatic rings. The van der Waals surface area contributed by atoms with Crippen molar-refractivity contribution in [1.29, 1.82) is 0 Å². The molecule has 90 valence electrons. The molecule has 0 aliphatic carbocycles. The molecule has 0 bridgehead atoms. The van der Waals surface area contributed by atoms with E-state index in [0.717, 1.165) is 24.1 Å². The second kappa shape index (κ2) is 6.48. The third kappa shape index (κ3) is 4.19. The number of aliphatic hydroxyl groups is 1. The topological polar surface area (TPSA) is 42.4 Å². The summed E-state index contributed by atoms with van der Waals surface area (Å²) >= 11 is 0. The Morgan fingerprint density at radius 3 is 2.69 bits per heavy atom. The van der Waals surface area contributed by atoms with Crippen LogP contribution in [0.1, 0.15) is 38.4 Å². The maximum Gasteiger partial charge on any atom is 0.213 e. The van der Waals surface area contributed by atoms with E-state index in [4.69, 9.17) is 9.84 Å². The predicted octanol–water partition coefficient (Wildman–Crippen LogP) is 2.56. The van der Waals surface area contributed by atoms with Crippen LogP contribution in [0.5, 0.6) is 5.88 Å². The van der Waals surface area contributed by atoms with Crippen molar-refractivity contribution in [2.75, 3.05) is 6.61 Å². The molecule has 0 saturated heterocycles. The number of rotatable bonds is 6. The van der Waals surface area contributed by atoms with Gasteiger partial charge in [0.05, 0.1) is 13.2 Å². The molecule has 0 aromatic carbocycles. The molecular formula is C13H21NO2. The fraction of sp³-hybridized carbons (Fsp3) is 0.615. The van der Waals surface area contributed by atoms with Crippen LogP contribution in [-0.2, 0) is 13.0 Å². The summed E-state index contributed by atoms with van der Waals surface area (Å²) in [6, 6.07) is 3.72. The van der Waals surface area contributed by atoms with E-state index in [-0.39, 0.29) is 6.61 Å². The predicted molar refractivity (Wildman–Crippen MR) is 64.5 cm³/mol. The molecular weight excluding hydrogens is 202 g/mol. The van der Waals surface area contributed by atoms with Crippen LogP contribution in [0.25, 0.3) is 0 Å². The number of aryl methyl sites for hydroxylation is 1. The largest absolute Gasteiger partial charge is 0.478 e. The molecule has 0 spiro atoms. The van der Waals surface area contributed by atoms with E-state index >= 15 is 0 Å². The van der Waals surface area contributed by atoms with E-state index in [2.05, 4.69) is 18.8 Å². The molecule has 16 heavy (non-hydrogen) atoms. The minimum Gasteiger partial charge on any atom is -0.478 e. The normalized spacial score (nSPS) is 10.8. The highest BCUT2D eigenvalue weighted by Gasteiger charge is 2.03. The van der Waals surface area contributed by atoms with Crippen molar-refractivity contribution in [2.24, 2.45) is 5.92 Å². The molecule has 1 heterocycles. The van der Waals surface area contributed by atoms with E-state index in [0.29, 0.717) is 18.4 Å². The molecule has 1 N–H and O–H groups in total. The smallest absolute Gasteiger partial charge is 0.213 e. The van der Waals surface area contributed by atoms with Crippen molar-refractivity contribution in [1.82, 2.24) is 4.98 Å². The summed E-state index contributed by atoms with van der Waals surface area (Å²) in [7, 11) is 0. The van der Waals surface area contributed by atoms with Crippen LogP contribution in [0, 0.1) is 5.92 Å². The van der Waals surface area contributed by atoms with E-state index in [9.17, 15) is 0 Å². The lowest BCUT2D eigenvalue weighted by molar-refractivity contribution is 0.269. The van der Waals surface area contributed by atoms with E-state index < -0.39 is 0 Å². The Bertz CT molecular complexity index is 301. The molecule has 0 aliphatic rings. The third-order valence-electron chi connectivity index (χ3n) is 2.40. The quantitative estimate of drug-likeness (QED) is 0.806. The second-order valence-corrected chi connectivity index (χ2v) is 4.35. The number of hydrogen-bond acceptors (Lipinski definition) is 3. The van der Waals surface area contributed by atoms with Gasteiger partial charge in [0.15, 0.2) is 0 Å². The van der Waals surface area contributed by atoms with Crippen LogP contribution >= 0.6 is 0 Å². The van der Waals surface area contributed by atoms with E-state index in [1.807, 2.05) is 13.0 Å². The zero-order valence-corrected chi connectivity index (χ0v) is 10.4. The Labute approximate surface area is 97.5 Å². The Morgan fingerprint density at radius 2 is 2.12 bits per heavy atom. The van der Waals surface area contributed by atoms with E-state index in [1.54, 1.807) is 6.07 Å². The first-order chi connectivity index (χ1) is 7.65. The average Bonchev–Trinajstić information content (AvgIpc) is 2.28. The molecule has 0 fully saturated rings. The fourth-order valence-corrected chi connectivity index (χ4v) is 1.37. The van der Waals surface area contributed by atoms with Crippen LogP contribution in [0.15, 0.2) is 12.1 Å². The number of nitrogens with zero attached hydrogens (tertiary/aromatic N) is 1. The first kappa shape index (κ1) is 13.0. The Kier molecular flexibility index (Phi) is 5.26. The molecule has 1 aromatic heterocycles. The van der Waals surface area contributed by atoms with E-state index in [1.165, 1.54) is 0 Å². The second-order valence-electron chi connectivity index (χ2n) is 4.35. The molecule has 0 amide bonds. The monoisotopic (exact) mass is 223 g/mol. The van der Waals surface area contributed by atoms with Gasteiger partial charge in [-0.1, -0.05) is 20.8 Å². The van der Waals surface area contributed by atoms with Gasteiger partial charge in [0, 0.05) is 11.8 Å². The van der Waals surface area contributed by atoms with Gasteiger partial charge in [-0.15, -0.1) is 0 Å². The van der Waals surface area contributed by atoms with Gasteiger partial charge in [-0.25, -0.2) is 4.98 Å². The van der Waals surface area contributed by atoms with Gasteiger partial charge in [0.25, 0.3) is 0 Å². The number of aromatic nitrogens is 1. The van der Waals surface area contributed by atoms with Gasteiger partial charge in [-0.05, 0) is 30.4 Å². The lowest BCUT2D eigenvalue weighted by atomic mass is 10.1. The van der Waals surface area contributed by atoms with Crippen molar-refractivity contribution >= 4 is 0 Å². The fourth-order valence-electron chi connectivity index (χ4n) is 1.37. The summed E-state index contributed by atoms with van der Waals surface area (Å²) in [5.74, 6) is 1.26. The summed E-state index contributed by atoms with van der Waals surface area (Å²) in [5.41, 5.74) is 1.83. The van der Waals surface area contributed by atoms with Gasteiger partial charge in [-0.2, -0.15) is 0 Å². The van der Waals surface area contributed by atoms with Crippen LogP contribution < -0.4 is 4.74 Å². The van der Waals surface area contributed by atoms with Crippen LogP contribution in [0.3, 0.4) is 0 Å². The maximum absolute atomic E-state index is 9.11. The average molecular weight is 223 g/mol. The van der Waals surface area contributed by atoms with Gasteiger partial charge in [0.2, 0.25) is 5.88 Å². The SMILES string of the molecule is CCc1cc(CO)cc(OCCC(C)C)n1. The number of pyridine rings is 1. The molecule has 1 rings (SSSR count). The number of aliphatic hydroxyl groups excluding tert-OH is 1. The highest BCUT2D eigenvalue weighted by atomic mass is 16.5. The molecule has 0 unspecified atom stereocenters. The first-order valence-electron chi connectivity index (χ1n) is 5.89. The Hall–Kier alpha value is -1.09.